The Bertz CT molecular complexity index is 686. The topological polar surface area (TPSA) is 30.9 Å². The third-order valence-corrected chi connectivity index (χ3v) is 2.85. The van der Waals surface area contributed by atoms with Crippen LogP contribution < -0.4 is 5.73 Å². The van der Waals surface area contributed by atoms with Crippen molar-refractivity contribution < 1.29 is 4.39 Å². The highest BCUT2D eigenvalue weighted by atomic mass is 19.1. The van der Waals surface area contributed by atoms with Gasteiger partial charge in [0, 0.05) is 6.20 Å². The fourth-order valence-electron chi connectivity index (χ4n) is 2.02. The van der Waals surface area contributed by atoms with Crippen LogP contribution in [0.3, 0.4) is 0 Å². The van der Waals surface area contributed by atoms with Gasteiger partial charge < -0.3 is 10.3 Å². The molecule has 17 heavy (non-hydrogen) atoms. The molecule has 2 nitrogen and oxygen atoms in total. The lowest BCUT2D eigenvalue weighted by Crippen LogP contribution is -1.98. The fraction of sp³-hybridized carbons (Fsp3) is 0. The highest BCUT2D eigenvalue weighted by molar-refractivity contribution is 5.83. The highest BCUT2D eigenvalue weighted by Gasteiger charge is 2.06. The molecule has 0 aliphatic heterocycles. The first-order valence-corrected chi connectivity index (χ1v) is 5.37. The van der Waals surface area contributed by atoms with Gasteiger partial charge in [-0.3, -0.25) is 0 Å². The van der Waals surface area contributed by atoms with E-state index in [2.05, 4.69) is 0 Å². The second kappa shape index (κ2) is 3.63. The molecule has 2 N–H and O–H groups in total. The monoisotopic (exact) mass is 226 g/mol. The number of halogens is 1. The van der Waals surface area contributed by atoms with E-state index >= 15 is 0 Å². The number of rotatable bonds is 1. The van der Waals surface area contributed by atoms with Crippen LogP contribution in [0.5, 0.6) is 0 Å². The molecule has 3 heteroatoms. The molecule has 0 aliphatic rings. The Balaban J connectivity index is 2.31. The van der Waals surface area contributed by atoms with Gasteiger partial charge in [-0.25, -0.2) is 4.39 Å². The van der Waals surface area contributed by atoms with Gasteiger partial charge in [0.1, 0.15) is 5.82 Å². The molecule has 3 rings (SSSR count). The standard InChI is InChI=1S/C14H11FN2/c15-11-5-6-12(16)14(9-11)17-8-7-10-3-1-2-4-13(10)17/h1-9H,16H2. The van der Waals surface area contributed by atoms with Gasteiger partial charge in [-0.15, -0.1) is 0 Å². The predicted octanol–water partition coefficient (Wildman–Crippen LogP) is 3.35. The zero-order chi connectivity index (χ0) is 11.8. The molecular weight excluding hydrogens is 215 g/mol. The summed E-state index contributed by atoms with van der Waals surface area (Å²) in [5, 5.41) is 1.11. The molecule has 2 aromatic carbocycles. The van der Waals surface area contributed by atoms with Crippen LogP contribution in [-0.4, -0.2) is 4.57 Å². The van der Waals surface area contributed by atoms with Gasteiger partial charge in [0.15, 0.2) is 0 Å². The van der Waals surface area contributed by atoms with Gasteiger partial charge in [-0.2, -0.15) is 0 Å². The van der Waals surface area contributed by atoms with Crippen LogP contribution in [0.4, 0.5) is 10.1 Å². The summed E-state index contributed by atoms with van der Waals surface area (Å²) in [4.78, 5) is 0. The molecular formula is C14H11FN2. The van der Waals surface area contributed by atoms with Crippen molar-refractivity contribution in [3.63, 3.8) is 0 Å². The predicted molar refractivity (Wildman–Crippen MR) is 67.6 cm³/mol. The third kappa shape index (κ3) is 1.56. The summed E-state index contributed by atoms with van der Waals surface area (Å²) in [6, 6.07) is 14.3. The first-order chi connectivity index (χ1) is 8.25. The maximum absolute atomic E-state index is 13.3. The Morgan fingerprint density at radius 3 is 2.71 bits per heavy atom. The Morgan fingerprint density at radius 2 is 1.82 bits per heavy atom. The van der Waals surface area contributed by atoms with Gasteiger partial charge in [0.25, 0.3) is 0 Å². The van der Waals surface area contributed by atoms with Crippen LogP contribution in [0.1, 0.15) is 0 Å². The zero-order valence-corrected chi connectivity index (χ0v) is 9.10. The summed E-state index contributed by atoms with van der Waals surface area (Å²) in [5.74, 6) is -0.285. The molecule has 0 fully saturated rings. The molecule has 0 saturated heterocycles. The Hall–Kier alpha value is -2.29. The number of para-hydroxylation sites is 1. The number of aromatic nitrogens is 1. The number of hydrogen-bond donors (Lipinski definition) is 1. The first kappa shape index (κ1) is 9.90. The number of nitrogen functional groups attached to an aromatic ring is 1. The van der Waals surface area contributed by atoms with Crippen LogP contribution in [0.15, 0.2) is 54.7 Å². The van der Waals surface area contributed by atoms with Crippen molar-refractivity contribution >= 4 is 16.6 Å². The number of nitrogens with zero attached hydrogens (tertiary/aromatic N) is 1. The van der Waals surface area contributed by atoms with Crippen molar-refractivity contribution in [1.82, 2.24) is 4.57 Å². The Morgan fingerprint density at radius 1 is 1.00 bits per heavy atom. The number of nitrogens with two attached hydrogens (primary N) is 1. The molecule has 0 spiro atoms. The van der Waals surface area contributed by atoms with E-state index in [0.717, 1.165) is 10.9 Å². The minimum Gasteiger partial charge on any atom is -0.397 e. The Labute approximate surface area is 98.1 Å². The van der Waals surface area contributed by atoms with Gasteiger partial charge in [-0.1, -0.05) is 18.2 Å². The fourth-order valence-corrected chi connectivity index (χ4v) is 2.02. The van der Waals surface area contributed by atoms with E-state index in [-0.39, 0.29) is 5.82 Å². The largest absolute Gasteiger partial charge is 0.397 e. The first-order valence-electron chi connectivity index (χ1n) is 5.37. The summed E-state index contributed by atoms with van der Waals surface area (Å²) in [6.45, 7) is 0. The molecule has 1 heterocycles. The quantitative estimate of drug-likeness (QED) is 0.634. The third-order valence-electron chi connectivity index (χ3n) is 2.85. The van der Waals surface area contributed by atoms with Crippen LogP contribution in [-0.2, 0) is 0 Å². The van der Waals surface area contributed by atoms with Crippen molar-refractivity contribution in [2.24, 2.45) is 0 Å². The molecule has 3 aromatic rings. The maximum atomic E-state index is 13.3. The second-order valence-corrected chi connectivity index (χ2v) is 3.95. The minimum atomic E-state index is -0.285. The lowest BCUT2D eigenvalue weighted by atomic mass is 10.2. The van der Waals surface area contributed by atoms with E-state index in [1.165, 1.54) is 12.1 Å². The van der Waals surface area contributed by atoms with E-state index in [9.17, 15) is 4.39 Å². The van der Waals surface area contributed by atoms with Crippen LogP contribution >= 0.6 is 0 Å². The van der Waals surface area contributed by atoms with Crippen molar-refractivity contribution in [3.8, 4) is 5.69 Å². The number of benzene rings is 2. The maximum Gasteiger partial charge on any atom is 0.125 e. The van der Waals surface area contributed by atoms with E-state index < -0.39 is 0 Å². The zero-order valence-electron chi connectivity index (χ0n) is 9.10. The summed E-state index contributed by atoms with van der Waals surface area (Å²) < 4.78 is 15.2. The lowest BCUT2D eigenvalue weighted by Gasteiger charge is -2.08. The van der Waals surface area contributed by atoms with Gasteiger partial charge >= 0.3 is 0 Å². The van der Waals surface area contributed by atoms with E-state index in [1.54, 1.807) is 6.07 Å². The number of anilines is 1. The number of fused-ring (bicyclic) bond motifs is 1. The van der Waals surface area contributed by atoms with Crippen LogP contribution in [0.25, 0.3) is 16.6 Å². The molecule has 0 amide bonds. The molecule has 0 saturated carbocycles. The van der Waals surface area contributed by atoms with Crippen molar-refractivity contribution in [2.45, 2.75) is 0 Å². The lowest BCUT2D eigenvalue weighted by molar-refractivity contribution is 0.627. The Kier molecular flexibility index (Phi) is 2.11. The molecule has 0 bridgehead atoms. The molecule has 0 atom stereocenters. The van der Waals surface area contributed by atoms with Gasteiger partial charge in [0.2, 0.25) is 0 Å². The van der Waals surface area contributed by atoms with E-state index in [0.29, 0.717) is 11.4 Å². The number of hydrogen-bond acceptors (Lipinski definition) is 1. The van der Waals surface area contributed by atoms with Crippen molar-refractivity contribution in [1.29, 1.82) is 0 Å². The van der Waals surface area contributed by atoms with E-state index in [1.807, 2.05) is 41.1 Å². The van der Waals surface area contributed by atoms with Crippen molar-refractivity contribution in [2.75, 3.05) is 5.73 Å². The second-order valence-electron chi connectivity index (χ2n) is 3.95. The summed E-state index contributed by atoms with van der Waals surface area (Å²) in [5.41, 5.74) is 8.14. The molecule has 84 valence electrons. The molecule has 0 unspecified atom stereocenters. The molecule has 0 aliphatic carbocycles. The van der Waals surface area contributed by atoms with Crippen LogP contribution in [0, 0.1) is 5.82 Å². The van der Waals surface area contributed by atoms with Gasteiger partial charge in [-0.05, 0) is 35.7 Å². The summed E-state index contributed by atoms with van der Waals surface area (Å²) in [6.07, 6.45) is 1.90. The minimum absolute atomic E-state index is 0.285. The normalized spacial score (nSPS) is 10.9. The summed E-state index contributed by atoms with van der Waals surface area (Å²) >= 11 is 0. The average Bonchev–Trinajstić information content (AvgIpc) is 2.76. The molecule has 0 radical (unpaired) electrons. The van der Waals surface area contributed by atoms with Crippen molar-refractivity contribution in [3.05, 3.63) is 60.5 Å². The smallest absolute Gasteiger partial charge is 0.125 e. The average molecular weight is 226 g/mol. The van der Waals surface area contributed by atoms with Crippen LogP contribution in [0.2, 0.25) is 0 Å². The summed E-state index contributed by atoms with van der Waals surface area (Å²) in [7, 11) is 0. The highest BCUT2D eigenvalue weighted by Crippen LogP contribution is 2.24. The molecule has 1 aromatic heterocycles. The van der Waals surface area contributed by atoms with Gasteiger partial charge in [0.05, 0.1) is 16.9 Å². The SMILES string of the molecule is Nc1ccc(F)cc1-n1ccc2ccccc21. The van der Waals surface area contributed by atoms with E-state index in [4.69, 9.17) is 5.73 Å².